The summed E-state index contributed by atoms with van der Waals surface area (Å²) in [5.74, 6) is 0.612. The standard InChI is InChI=1S/C15H17N5O2/c1-16-13-9-10(6-7-17-13)12-3-2-8-20(12)15(22)11-4-5-14(21)19-18-11/h4-7,9,12H,2-3,8H2,1H3,(H,16,17)(H,19,21)/t12-/m1/s1. The van der Waals surface area contributed by atoms with Gasteiger partial charge >= 0.3 is 0 Å². The molecule has 0 unspecified atom stereocenters. The predicted molar refractivity (Wildman–Crippen MR) is 81.7 cm³/mol. The van der Waals surface area contributed by atoms with Gasteiger partial charge in [-0.2, -0.15) is 5.10 Å². The van der Waals surface area contributed by atoms with Crippen LogP contribution in [0.3, 0.4) is 0 Å². The third-order valence-electron chi connectivity index (χ3n) is 3.84. The molecule has 0 aliphatic carbocycles. The topological polar surface area (TPSA) is 91.0 Å². The zero-order chi connectivity index (χ0) is 15.5. The summed E-state index contributed by atoms with van der Waals surface area (Å²) in [6.45, 7) is 0.682. The van der Waals surface area contributed by atoms with Gasteiger partial charge in [0.15, 0.2) is 0 Å². The van der Waals surface area contributed by atoms with E-state index in [1.165, 1.54) is 12.1 Å². The van der Waals surface area contributed by atoms with Crippen molar-refractivity contribution in [3.05, 3.63) is 52.1 Å². The highest BCUT2D eigenvalue weighted by Crippen LogP contribution is 2.33. The maximum Gasteiger partial charge on any atom is 0.274 e. The zero-order valence-corrected chi connectivity index (χ0v) is 12.2. The first-order chi connectivity index (χ1) is 10.7. The van der Waals surface area contributed by atoms with Gasteiger partial charge in [0.05, 0.1) is 6.04 Å². The molecule has 0 bridgehead atoms. The van der Waals surface area contributed by atoms with Crippen LogP contribution in [0.15, 0.2) is 35.3 Å². The largest absolute Gasteiger partial charge is 0.373 e. The molecule has 3 rings (SSSR count). The zero-order valence-electron chi connectivity index (χ0n) is 12.2. The lowest BCUT2D eigenvalue weighted by atomic mass is 10.1. The quantitative estimate of drug-likeness (QED) is 0.888. The molecule has 7 heteroatoms. The number of nitrogens with zero attached hydrogens (tertiary/aromatic N) is 3. The molecule has 1 amide bonds. The molecule has 1 aliphatic heterocycles. The molecular formula is C15H17N5O2. The highest BCUT2D eigenvalue weighted by Gasteiger charge is 2.31. The molecule has 22 heavy (non-hydrogen) atoms. The molecule has 0 radical (unpaired) electrons. The van der Waals surface area contributed by atoms with E-state index in [0.717, 1.165) is 24.2 Å². The number of nitrogens with one attached hydrogen (secondary N) is 2. The lowest BCUT2D eigenvalue weighted by Crippen LogP contribution is -2.32. The average molecular weight is 299 g/mol. The number of rotatable bonds is 3. The van der Waals surface area contributed by atoms with Crippen molar-refractivity contribution in [2.75, 3.05) is 18.9 Å². The van der Waals surface area contributed by atoms with Crippen LogP contribution in [0.5, 0.6) is 0 Å². The fourth-order valence-electron chi connectivity index (χ4n) is 2.76. The first-order valence-electron chi connectivity index (χ1n) is 7.19. The molecule has 7 nitrogen and oxygen atoms in total. The van der Waals surface area contributed by atoms with E-state index >= 15 is 0 Å². The normalized spacial score (nSPS) is 17.5. The third-order valence-corrected chi connectivity index (χ3v) is 3.84. The van der Waals surface area contributed by atoms with E-state index in [-0.39, 0.29) is 23.2 Å². The van der Waals surface area contributed by atoms with Crippen LogP contribution in [0.25, 0.3) is 0 Å². The van der Waals surface area contributed by atoms with Crippen molar-refractivity contribution in [2.24, 2.45) is 0 Å². The van der Waals surface area contributed by atoms with E-state index in [1.807, 2.05) is 19.2 Å². The summed E-state index contributed by atoms with van der Waals surface area (Å²) < 4.78 is 0. The highest BCUT2D eigenvalue weighted by molar-refractivity contribution is 5.92. The minimum absolute atomic E-state index is 0.0105. The number of amides is 1. The Morgan fingerprint density at radius 2 is 2.27 bits per heavy atom. The first-order valence-corrected chi connectivity index (χ1v) is 7.19. The summed E-state index contributed by atoms with van der Waals surface area (Å²) in [5, 5.41) is 9.14. The number of carbonyl (C=O) groups excluding carboxylic acids is 1. The predicted octanol–water partition coefficient (Wildman–Crippen LogP) is 1.18. The molecule has 0 spiro atoms. The second-order valence-electron chi connectivity index (χ2n) is 5.19. The summed E-state index contributed by atoms with van der Waals surface area (Å²) >= 11 is 0. The Kier molecular flexibility index (Phi) is 3.86. The van der Waals surface area contributed by atoms with Crippen LogP contribution in [0.2, 0.25) is 0 Å². The van der Waals surface area contributed by atoms with E-state index in [4.69, 9.17) is 0 Å². The third kappa shape index (κ3) is 2.69. The van der Waals surface area contributed by atoms with E-state index in [2.05, 4.69) is 20.5 Å². The monoisotopic (exact) mass is 299 g/mol. The van der Waals surface area contributed by atoms with Crippen LogP contribution in [0.1, 0.15) is 34.9 Å². The van der Waals surface area contributed by atoms with E-state index < -0.39 is 0 Å². The molecule has 1 atom stereocenters. The number of hydrogen-bond acceptors (Lipinski definition) is 5. The summed E-state index contributed by atoms with van der Waals surface area (Å²) in [5.41, 5.74) is 0.992. The van der Waals surface area contributed by atoms with Crippen molar-refractivity contribution < 1.29 is 4.79 Å². The number of pyridine rings is 1. The summed E-state index contributed by atoms with van der Waals surface area (Å²) in [7, 11) is 1.81. The van der Waals surface area contributed by atoms with Gasteiger partial charge in [0.25, 0.3) is 11.5 Å². The van der Waals surface area contributed by atoms with Gasteiger partial charge in [0.2, 0.25) is 0 Å². The Balaban J connectivity index is 1.87. The average Bonchev–Trinajstić information content (AvgIpc) is 3.04. The van der Waals surface area contributed by atoms with Gasteiger partial charge in [-0.1, -0.05) is 0 Å². The lowest BCUT2D eigenvalue weighted by Gasteiger charge is -2.24. The van der Waals surface area contributed by atoms with Crippen molar-refractivity contribution >= 4 is 11.7 Å². The molecular weight excluding hydrogens is 282 g/mol. The molecule has 114 valence electrons. The molecule has 2 N–H and O–H groups in total. The van der Waals surface area contributed by atoms with Crippen LogP contribution < -0.4 is 10.9 Å². The van der Waals surface area contributed by atoms with Crippen LogP contribution in [0, 0.1) is 0 Å². The van der Waals surface area contributed by atoms with Crippen molar-refractivity contribution in [1.29, 1.82) is 0 Å². The SMILES string of the molecule is CNc1cc([C@H]2CCCN2C(=O)c2ccc(=O)[nH]n2)ccn1. The fraction of sp³-hybridized carbons (Fsp3) is 0.333. The maximum absolute atomic E-state index is 12.6. The van der Waals surface area contributed by atoms with Gasteiger partial charge in [0, 0.05) is 25.9 Å². The number of carbonyl (C=O) groups is 1. The van der Waals surface area contributed by atoms with Crippen molar-refractivity contribution in [1.82, 2.24) is 20.1 Å². The lowest BCUT2D eigenvalue weighted by molar-refractivity contribution is 0.0728. The number of aromatic nitrogens is 3. The van der Waals surface area contributed by atoms with Crippen molar-refractivity contribution in [2.45, 2.75) is 18.9 Å². The number of aromatic amines is 1. The Morgan fingerprint density at radius 1 is 1.41 bits per heavy atom. The van der Waals surface area contributed by atoms with E-state index in [9.17, 15) is 9.59 Å². The minimum Gasteiger partial charge on any atom is -0.373 e. The van der Waals surface area contributed by atoms with Crippen LogP contribution in [0.4, 0.5) is 5.82 Å². The van der Waals surface area contributed by atoms with E-state index in [0.29, 0.717) is 6.54 Å². The van der Waals surface area contributed by atoms with E-state index in [1.54, 1.807) is 11.1 Å². The summed E-state index contributed by atoms with van der Waals surface area (Å²) in [6, 6.07) is 6.67. The van der Waals surface area contributed by atoms with Crippen LogP contribution in [-0.4, -0.2) is 39.6 Å². The molecule has 1 saturated heterocycles. The summed E-state index contributed by atoms with van der Waals surface area (Å²) in [4.78, 5) is 29.7. The Hall–Kier alpha value is -2.70. The van der Waals surface area contributed by atoms with Crippen LogP contribution >= 0.6 is 0 Å². The molecule has 3 heterocycles. The number of anilines is 1. The summed E-state index contributed by atoms with van der Waals surface area (Å²) in [6.07, 6.45) is 3.58. The minimum atomic E-state index is -0.317. The van der Waals surface area contributed by atoms with Gasteiger partial charge < -0.3 is 10.2 Å². The Bertz CT molecular complexity index is 722. The second kappa shape index (κ2) is 5.97. The van der Waals surface area contributed by atoms with Crippen molar-refractivity contribution in [3.63, 3.8) is 0 Å². The second-order valence-corrected chi connectivity index (χ2v) is 5.19. The molecule has 2 aromatic rings. The van der Waals surface area contributed by atoms with Gasteiger partial charge in [-0.05, 0) is 36.6 Å². The molecule has 0 saturated carbocycles. The van der Waals surface area contributed by atoms with Gasteiger partial charge in [-0.25, -0.2) is 10.1 Å². The number of H-pyrrole nitrogens is 1. The fourth-order valence-corrected chi connectivity index (χ4v) is 2.76. The van der Waals surface area contributed by atoms with Gasteiger partial charge in [-0.3, -0.25) is 9.59 Å². The smallest absolute Gasteiger partial charge is 0.274 e. The van der Waals surface area contributed by atoms with Crippen molar-refractivity contribution in [3.8, 4) is 0 Å². The Labute approximate surface area is 127 Å². The molecule has 0 aromatic carbocycles. The molecule has 1 fully saturated rings. The molecule has 2 aromatic heterocycles. The first kappa shape index (κ1) is 14.2. The number of hydrogen-bond donors (Lipinski definition) is 2. The number of likely N-dealkylation sites (tertiary alicyclic amines) is 1. The van der Waals surface area contributed by atoms with Gasteiger partial charge in [-0.15, -0.1) is 0 Å². The Morgan fingerprint density at radius 3 is 3.00 bits per heavy atom. The van der Waals surface area contributed by atoms with Gasteiger partial charge in [0.1, 0.15) is 11.5 Å². The molecule has 1 aliphatic rings. The van der Waals surface area contributed by atoms with Crippen LogP contribution in [-0.2, 0) is 0 Å². The highest BCUT2D eigenvalue weighted by atomic mass is 16.2. The maximum atomic E-state index is 12.6.